The molecule has 0 fully saturated rings. The number of nitrogens with zero attached hydrogens (tertiary/aromatic N) is 2. The van der Waals surface area contributed by atoms with Crippen molar-refractivity contribution in [3.8, 4) is 0 Å². The summed E-state index contributed by atoms with van der Waals surface area (Å²) in [7, 11) is 0. The first kappa shape index (κ1) is 20.3. The average Bonchev–Trinajstić information content (AvgIpc) is 3.08. The van der Waals surface area contributed by atoms with Gasteiger partial charge in [-0.05, 0) is 35.3 Å². The van der Waals surface area contributed by atoms with Crippen molar-refractivity contribution in [2.45, 2.75) is 12.5 Å². The molecule has 4 rings (SSSR count). The fraction of sp³-hybridized carbons (Fsp3) is 0.115. The lowest BCUT2D eigenvalue weighted by Crippen LogP contribution is -2.33. The molecule has 0 saturated carbocycles. The minimum atomic E-state index is -0.683. The van der Waals surface area contributed by atoms with Gasteiger partial charge in [0, 0.05) is 18.9 Å². The van der Waals surface area contributed by atoms with Gasteiger partial charge in [-0.2, -0.15) is 0 Å². The van der Waals surface area contributed by atoms with Crippen molar-refractivity contribution in [2.75, 3.05) is 6.54 Å². The molecule has 0 aliphatic carbocycles. The summed E-state index contributed by atoms with van der Waals surface area (Å²) < 4.78 is 0. The standard InChI is InChI=1S/C26H22N2O3/c29-22(14-13-19-8-3-1-4-9-19)23-24(21-12-7-16-27-18-21)28(26(31)25(23)30)17-15-20-10-5-2-6-11-20/h1-14,16,18,24,30H,15,17H2. The Bertz CT molecular complexity index is 1120. The van der Waals surface area contributed by atoms with E-state index >= 15 is 0 Å². The summed E-state index contributed by atoms with van der Waals surface area (Å²) in [6.45, 7) is 0.367. The van der Waals surface area contributed by atoms with Crippen LogP contribution in [0.3, 0.4) is 0 Å². The van der Waals surface area contributed by atoms with Crippen LogP contribution in [0.4, 0.5) is 0 Å². The molecule has 1 amide bonds. The maximum Gasteiger partial charge on any atom is 0.290 e. The number of ketones is 1. The predicted octanol–water partition coefficient (Wildman–Crippen LogP) is 4.30. The molecule has 2 heterocycles. The van der Waals surface area contributed by atoms with Gasteiger partial charge in [0.2, 0.25) is 0 Å². The van der Waals surface area contributed by atoms with E-state index in [4.69, 9.17) is 0 Å². The Hall–Kier alpha value is -3.99. The molecule has 1 aliphatic rings. The topological polar surface area (TPSA) is 70.5 Å². The number of carbonyl (C=O) groups is 2. The minimum absolute atomic E-state index is 0.0817. The number of rotatable bonds is 7. The van der Waals surface area contributed by atoms with E-state index in [1.807, 2.05) is 66.7 Å². The number of hydrogen-bond acceptors (Lipinski definition) is 4. The second-order valence-electron chi connectivity index (χ2n) is 7.29. The van der Waals surface area contributed by atoms with E-state index in [9.17, 15) is 14.7 Å². The van der Waals surface area contributed by atoms with E-state index in [0.717, 1.165) is 11.1 Å². The number of carbonyl (C=O) groups excluding carboxylic acids is 2. The Balaban J connectivity index is 1.64. The van der Waals surface area contributed by atoms with Crippen LogP contribution in [0.1, 0.15) is 22.7 Å². The Labute approximate surface area is 181 Å². The van der Waals surface area contributed by atoms with Crippen molar-refractivity contribution >= 4 is 17.8 Å². The highest BCUT2D eigenvalue weighted by Crippen LogP contribution is 2.37. The number of benzene rings is 2. The number of aliphatic hydroxyl groups excluding tert-OH is 1. The zero-order valence-corrected chi connectivity index (χ0v) is 16.9. The van der Waals surface area contributed by atoms with Crippen LogP contribution >= 0.6 is 0 Å². The summed E-state index contributed by atoms with van der Waals surface area (Å²) in [6.07, 6.45) is 6.95. The van der Waals surface area contributed by atoms with Gasteiger partial charge in [-0.25, -0.2) is 0 Å². The maximum atomic E-state index is 13.1. The molecule has 154 valence electrons. The first-order valence-electron chi connectivity index (χ1n) is 10.1. The number of allylic oxidation sites excluding steroid dienone is 1. The molecule has 0 radical (unpaired) electrons. The van der Waals surface area contributed by atoms with Crippen LogP contribution in [-0.4, -0.2) is 33.2 Å². The van der Waals surface area contributed by atoms with Gasteiger partial charge in [0.15, 0.2) is 11.5 Å². The Morgan fingerprint density at radius 3 is 2.39 bits per heavy atom. The molecular formula is C26H22N2O3. The second kappa shape index (κ2) is 9.22. The number of aliphatic hydroxyl groups is 1. The van der Waals surface area contributed by atoms with E-state index in [0.29, 0.717) is 18.5 Å². The third-order valence-electron chi connectivity index (χ3n) is 5.28. The van der Waals surface area contributed by atoms with Gasteiger partial charge in [0.1, 0.15) is 0 Å². The van der Waals surface area contributed by atoms with Crippen molar-refractivity contribution in [3.05, 3.63) is 119 Å². The van der Waals surface area contributed by atoms with Crippen molar-refractivity contribution in [1.82, 2.24) is 9.88 Å². The molecule has 1 aliphatic heterocycles. The summed E-state index contributed by atoms with van der Waals surface area (Å²) in [4.78, 5) is 31.7. The first-order valence-corrected chi connectivity index (χ1v) is 10.1. The summed E-state index contributed by atoms with van der Waals surface area (Å²) >= 11 is 0. The van der Waals surface area contributed by atoms with E-state index in [-0.39, 0.29) is 5.57 Å². The molecule has 5 nitrogen and oxygen atoms in total. The fourth-order valence-electron chi connectivity index (χ4n) is 3.74. The molecule has 31 heavy (non-hydrogen) atoms. The van der Waals surface area contributed by atoms with Crippen LogP contribution in [-0.2, 0) is 16.0 Å². The normalized spacial score (nSPS) is 16.3. The molecule has 3 aromatic rings. The van der Waals surface area contributed by atoms with Gasteiger partial charge in [-0.15, -0.1) is 0 Å². The zero-order chi connectivity index (χ0) is 21.6. The summed E-state index contributed by atoms with van der Waals surface area (Å²) in [5.41, 5.74) is 2.70. The smallest absolute Gasteiger partial charge is 0.290 e. The first-order chi connectivity index (χ1) is 15.1. The summed E-state index contributed by atoms with van der Waals surface area (Å²) in [5, 5.41) is 10.6. The number of amides is 1. The summed E-state index contributed by atoms with van der Waals surface area (Å²) in [5.74, 6) is -1.43. The maximum absolute atomic E-state index is 13.1. The minimum Gasteiger partial charge on any atom is -0.503 e. The lowest BCUT2D eigenvalue weighted by Gasteiger charge is -2.26. The molecule has 0 spiro atoms. The third-order valence-corrected chi connectivity index (χ3v) is 5.28. The molecule has 0 bridgehead atoms. The average molecular weight is 410 g/mol. The Morgan fingerprint density at radius 1 is 1.00 bits per heavy atom. The van der Waals surface area contributed by atoms with E-state index in [1.165, 1.54) is 6.08 Å². The van der Waals surface area contributed by atoms with Crippen LogP contribution in [0, 0.1) is 0 Å². The van der Waals surface area contributed by atoms with Crippen LogP contribution < -0.4 is 0 Å². The predicted molar refractivity (Wildman–Crippen MR) is 119 cm³/mol. The number of aromatic nitrogens is 1. The number of pyridine rings is 1. The van der Waals surface area contributed by atoms with E-state index in [2.05, 4.69) is 4.98 Å². The van der Waals surface area contributed by atoms with Crippen molar-refractivity contribution in [1.29, 1.82) is 0 Å². The van der Waals surface area contributed by atoms with Crippen LogP contribution in [0.25, 0.3) is 6.08 Å². The SMILES string of the molecule is O=C(C=Cc1ccccc1)C1=C(O)C(=O)N(CCc2ccccc2)C1c1cccnc1. The molecule has 1 atom stereocenters. The second-order valence-corrected chi connectivity index (χ2v) is 7.29. The van der Waals surface area contributed by atoms with Crippen LogP contribution in [0.2, 0.25) is 0 Å². The molecule has 5 heteroatoms. The van der Waals surface area contributed by atoms with E-state index in [1.54, 1.807) is 29.4 Å². The van der Waals surface area contributed by atoms with Crippen molar-refractivity contribution < 1.29 is 14.7 Å². The van der Waals surface area contributed by atoms with Crippen LogP contribution in [0.15, 0.2) is 103 Å². The molecule has 2 aromatic carbocycles. The highest BCUT2D eigenvalue weighted by atomic mass is 16.3. The number of hydrogen-bond donors (Lipinski definition) is 1. The third kappa shape index (κ3) is 4.46. The van der Waals surface area contributed by atoms with Gasteiger partial charge >= 0.3 is 0 Å². The van der Waals surface area contributed by atoms with Gasteiger partial charge in [0.25, 0.3) is 5.91 Å². The fourth-order valence-corrected chi connectivity index (χ4v) is 3.74. The monoisotopic (exact) mass is 410 g/mol. The Morgan fingerprint density at radius 2 is 1.71 bits per heavy atom. The van der Waals surface area contributed by atoms with Crippen molar-refractivity contribution in [2.24, 2.45) is 0 Å². The molecule has 0 saturated heterocycles. The zero-order valence-electron chi connectivity index (χ0n) is 16.9. The van der Waals surface area contributed by atoms with Gasteiger partial charge in [-0.3, -0.25) is 14.6 Å². The highest BCUT2D eigenvalue weighted by Gasteiger charge is 2.42. The van der Waals surface area contributed by atoms with E-state index < -0.39 is 23.5 Å². The van der Waals surface area contributed by atoms with Crippen LogP contribution in [0.5, 0.6) is 0 Å². The van der Waals surface area contributed by atoms with Crippen molar-refractivity contribution in [3.63, 3.8) is 0 Å². The molecule has 1 unspecified atom stereocenters. The quantitative estimate of drug-likeness (QED) is 0.590. The lowest BCUT2D eigenvalue weighted by molar-refractivity contribution is -0.129. The lowest BCUT2D eigenvalue weighted by atomic mass is 9.96. The van der Waals surface area contributed by atoms with Gasteiger partial charge in [-0.1, -0.05) is 72.8 Å². The summed E-state index contributed by atoms with van der Waals surface area (Å²) in [6, 6.07) is 22.1. The van der Waals surface area contributed by atoms with Gasteiger partial charge in [0.05, 0.1) is 11.6 Å². The molecule has 1 N–H and O–H groups in total. The largest absolute Gasteiger partial charge is 0.503 e. The molecule has 1 aromatic heterocycles. The highest BCUT2D eigenvalue weighted by molar-refractivity contribution is 6.14. The Kier molecular flexibility index (Phi) is 6.03. The van der Waals surface area contributed by atoms with Gasteiger partial charge < -0.3 is 10.0 Å². The molecular weight excluding hydrogens is 388 g/mol.